The van der Waals surface area contributed by atoms with Crippen molar-refractivity contribution in [2.75, 3.05) is 12.4 Å². The van der Waals surface area contributed by atoms with Crippen LogP contribution in [0.3, 0.4) is 0 Å². The second kappa shape index (κ2) is 6.05. The van der Waals surface area contributed by atoms with Crippen LogP contribution in [0.1, 0.15) is 28.8 Å². The molecule has 6 nitrogen and oxygen atoms in total. The molecule has 2 N–H and O–H groups in total. The number of phenols is 1. The summed E-state index contributed by atoms with van der Waals surface area (Å²) in [5.74, 6) is 1.19. The maximum absolute atomic E-state index is 11.9. The van der Waals surface area contributed by atoms with E-state index in [0.29, 0.717) is 28.9 Å². The number of nitrogens with one attached hydrogen (secondary N) is 1. The number of phenolic OH excluding ortho intramolecular Hbond substituents is 1. The number of ether oxygens (including phenoxy) is 1. The lowest BCUT2D eigenvalue weighted by Gasteiger charge is -2.16. The number of rotatable bonds is 3. The van der Waals surface area contributed by atoms with Crippen molar-refractivity contribution in [2.45, 2.75) is 19.3 Å². The number of Topliss-reactive ketones (excluding diaryl/α,β-unsaturated/α-hetero) is 1. The normalized spacial score (nSPS) is 13.6. The highest BCUT2D eigenvalue weighted by Gasteiger charge is 2.17. The predicted molar refractivity (Wildman–Crippen MR) is 94.7 cm³/mol. The number of carbonyl (C=O) groups is 1. The molecule has 1 aliphatic rings. The van der Waals surface area contributed by atoms with Gasteiger partial charge in [0.15, 0.2) is 17.3 Å². The molecule has 1 aliphatic carbocycles. The summed E-state index contributed by atoms with van der Waals surface area (Å²) >= 11 is 0. The highest BCUT2D eigenvalue weighted by atomic mass is 16.5. The molecular formula is C19H17N3O3. The van der Waals surface area contributed by atoms with Crippen molar-refractivity contribution >= 4 is 28.2 Å². The van der Waals surface area contributed by atoms with Gasteiger partial charge in [0, 0.05) is 29.1 Å². The quantitative estimate of drug-likeness (QED) is 0.761. The van der Waals surface area contributed by atoms with Gasteiger partial charge in [-0.3, -0.25) is 4.79 Å². The second-order valence-electron chi connectivity index (χ2n) is 6.04. The molecule has 0 spiro atoms. The Kier molecular flexibility index (Phi) is 3.72. The molecular weight excluding hydrogens is 318 g/mol. The van der Waals surface area contributed by atoms with Crippen molar-refractivity contribution in [1.29, 1.82) is 0 Å². The summed E-state index contributed by atoms with van der Waals surface area (Å²) in [5.41, 5.74) is 3.39. The van der Waals surface area contributed by atoms with E-state index in [9.17, 15) is 9.90 Å². The molecule has 2 aromatic carbocycles. The van der Waals surface area contributed by atoms with Crippen LogP contribution in [-0.2, 0) is 6.42 Å². The topological polar surface area (TPSA) is 84.3 Å². The van der Waals surface area contributed by atoms with E-state index < -0.39 is 0 Å². The predicted octanol–water partition coefficient (Wildman–Crippen LogP) is 3.61. The molecule has 6 heteroatoms. The first-order chi connectivity index (χ1) is 12.2. The molecule has 3 aromatic rings. The second-order valence-corrected chi connectivity index (χ2v) is 6.04. The zero-order valence-corrected chi connectivity index (χ0v) is 13.7. The molecule has 0 atom stereocenters. The number of hydrogen-bond donors (Lipinski definition) is 2. The third kappa shape index (κ3) is 2.76. The summed E-state index contributed by atoms with van der Waals surface area (Å²) in [5, 5.41) is 14.0. The van der Waals surface area contributed by atoms with E-state index >= 15 is 0 Å². The van der Waals surface area contributed by atoms with Gasteiger partial charge in [-0.15, -0.1) is 0 Å². The van der Waals surface area contributed by atoms with Crippen molar-refractivity contribution in [3.8, 4) is 11.5 Å². The number of ketones is 1. The molecule has 0 radical (unpaired) electrons. The Bertz CT molecular complexity index is 985. The molecule has 1 heterocycles. The number of methoxy groups -OCH3 is 1. The fourth-order valence-electron chi connectivity index (χ4n) is 3.20. The minimum atomic E-state index is 0.0314. The van der Waals surface area contributed by atoms with Crippen LogP contribution in [0.25, 0.3) is 10.9 Å². The summed E-state index contributed by atoms with van der Waals surface area (Å²) in [7, 11) is 1.50. The van der Waals surface area contributed by atoms with Gasteiger partial charge in [-0.25, -0.2) is 9.97 Å². The van der Waals surface area contributed by atoms with Gasteiger partial charge in [0.05, 0.1) is 12.6 Å². The molecule has 0 saturated heterocycles. The monoisotopic (exact) mass is 335 g/mol. The van der Waals surface area contributed by atoms with Crippen LogP contribution in [0.4, 0.5) is 11.5 Å². The Morgan fingerprint density at radius 2 is 2.04 bits per heavy atom. The maximum atomic E-state index is 11.9. The molecule has 126 valence electrons. The number of benzene rings is 2. The van der Waals surface area contributed by atoms with Crippen LogP contribution in [0.5, 0.6) is 11.5 Å². The minimum Gasteiger partial charge on any atom is -0.504 e. The van der Waals surface area contributed by atoms with Crippen molar-refractivity contribution in [3.05, 3.63) is 47.8 Å². The van der Waals surface area contributed by atoms with Crippen molar-refractivity contribution in [2.24, 2.45) is 0 Å². The molecule has 25 heavy (non-hydrogen) atoms. The highest BCUT2D eigenvalue weighted by Crippen LogP contribution is 2.34. The van der Waals surface area contributed by atoms with Gasteiger partial charge in [0.25, 0.3) is 0 Å². The average molecular weight is 335 g/mol. The molecule has 0 unspecified atom stereocenters. The lowest BCUT2D eigenvalue weighted by molar-refractivity contribution is 0.0972. The molecule has 0 aliphatic heterocycles. The van der Waals surface area contributed by atoms with Crippen LogP contribution in [-0.4, -0.2) is 28.0 Å². The molecule has 1 aromatic heterocycles. The summed E-state index contributed by atoms with van der Waals surface area (Å²) in [6, 6.07) is 8.98. The van der Waals surface area contributed by atoms with E-state index in [1.807, 2.05) is 18.2 Å². The van der Waals surface area contributed by atoms with E-state index in [0.717, 1.165) is 29.7 Å². The van der Waals surface area contributed by atoms with Crippen molar-refractivity contribution in [3.63, 3.8) is 0 Å². The minimum absolute atomic E-state index is 0.0314. The highest BCUT2D eigenvalue weighted by molar-refractivity contribution is 5.99. The Hall–Kier alpha value is -3.15. The number of anilines is 2. The van der Waals surface area contributed by atoms with Crippen LogP contribution in [0, 0.1) is 0 Å². The number of carbonyl (C=O) groups excluding carboxylic acids is 1. The van der Waals surface area contributed by atoms with Gasteiger partial charge in [-0.1, -0.05) is 0 Å². The van der Waals surface area contributed by atoms with Gasteiger partial charge < -0.3 is 15.2 Å². The summed E-state index contributed by atoms with van der Waals surface area (Å²) in [6.07, 6.45) is 3.87. The zero-order chi connectivity index (χ0) is 17.4. The van der Waals surface area contributed by atoms with Crippen molar-refractivity contribution in [1.82, 2.24) is 9.97 Å². The van der Waals surface area contributed by atoms with E-state index in [1.165, 1.54) is 13.4 Å². The third-order valence-corrected chi connectivity index (χ3v) is 4.45. The van der Waals surface area contributed by atoms with Crippen LogP contribution >= 0.6 is 0 Å². The number of aromatic hydroxyl groups is 1. The Morgan fingerprint density at radius 1 is 1.16 bits per heavy atom. The average Bonchev–Trinajstić information content (AvgIpc) is 2.62. The largest absolute Gasteiger partial charge is 0.504 e. The molecule has 0 bridgehead atoms. The Labute approximate surface area is 144 Å². The molecule has 0 amide bonds. The fourth-order valence-corrected chi connectivity index (χ4v) is 3.20. The van der Waals surface area contributed by atoms with E-state index in [2.05, 4.69) is 15.3 Å². The van der Waals surface area contributed by atoms with E-state index in [1.54, 1.807) is 12.1 Å². The summed E-state index contributed by atoms with van der Waals surface area (Å²) in [6.45, 7) is 0. The smallest absolute Gasteiger partial charge is 0.163 e. The molecule has 0 saturated carbocycles. The summed E-state index contributed by atoms with van der Waals surface area (Å²) in [4.78, 5) is 20.5. The number of aryl methyl sites for hydroxylation is 1. The first kappa shape index (κ1) is 15.4. The molecule has 4 rings (SSSR count). The van der Waals surface area contributed by atoms with Gasteiger partial charge in [0.2, 0.25) is 0 Å². The number of hydrogen-bond acceptors (Lipinski definition) is 6. The first-order valence-electron chi connectivity index (χ1n) is 8.10. The van der Waals surface area contributed by atoms with Gasteiger partial charge in [-0.05, 0) is 42.7 Å². The maximum Gasteiger partial charge on any atom is 0.163 e. The number of aromatic nitrogens is 2. The fraction of sp³-hybridized carbons (Fsp3) is 0.211. The van der Waals surface area contributed by atoms with Crippen LogP contribution in [0.15, 0.2) is 36.7 Å². The standard InChI is InChI=1S/C19H17N3O3/c1-25-18-9-15-14(8-17(18)24)19(21-10-20-15)22-12-5-6-13-11(7-12)3-2-4-16(13)23/h5-10,24H,2-4H2,1H3,(H,20,21,22). The third-order valence-electron chi connectivity index (χ3n) is 4.45. The Balaban J connectivity index is 1.74. The Morgan fingerprint density at radius 3 is 2.88 bits per heavy atom. The first-order valence-corrected chi connectivity index (χ1v) is 8.10. The zero-order valence-electron chi connectivity index (χ0n) is 13.7. The van der Waals surface area contributed by atoms with E-state index in [4.69, 9.17) is 4.74 Å². The van der Waals surface area contributed by atoms with Crippen molar-refractivity contribution < 1.29 is 14.6 Å². The van der Waals surface area contributed by atoms with Gasteiger partial charge in [-0.2, -0.15) is 0 Å². The summed E-state index contributed by atoms with van der Waals surface area (Å²) < 4.78 is 5.12. The number of nitrogens with zero attached hydrogens (tertiary/aromatic N) is 2. The SMILES string of the molecule is COc1cc2ncnc(Nc3ccc4c(c3)CCCC4=O)c2cc1O. The molecule has 0 fully saturated rings. The van der Waals surface area contributed by atoms with E-state index in [-0.39, 0.29) is 11.5 Å². The lowest BCUT2D eigenvalue weighted by atomic mass is 9.90. The van der Waals surface area contributed by atoms with Crippen LogP contribution < -0.4 is 10.1 Å². The van der Waals surface area contributed by atoms with Gasteiger partial charge >= 0.3 is 0 Å². The van der Waals surface area contributed by atoms with Crippen LogP contribution in [0.2, 0.25) is 0 Å². The van der Waals surface area contributed by atoms with Gasteiger partial charge in [0.1, 0.15) is 12.1 Å². The lowest BCUT2D eigenvalue weighted by Crippen LogP contribution is -2.10. The number of fused-ring (bicyclic) bond motifs is 2.